The Morgan fingerprint density at radius 3 is 2.79 bits per heavy atom. The van der Waals surface area contributed by atoms with Crippen LogP contribution < -0.4 is 11.2 Å². The summed E-state index contributed by atoms with van der Waals surface area (Å²) in [6.07, 6.45) is 3.36. The first-order valence-electron chi connectivity index (χ1n) is 8.59. The van der Waals surface area contributed by atoms with Gasteiger partial charge in [0.05, 0.1) is 11.1 Å². The average Bonchev–Trinajstić information content (AvgIpc) is 3.36. The topological polar surface area (TPSA) is 115 Å². The molecule has 1 saturated heterocycles. The number of nitrogen functional groups attached to an aromatic ring is 1. The number of tetrazole rings is 1. The standard InChI is InChI=1S/C17H16F2N8O/c18-12-4-3-5-13(14(12)19)27-16(22-24-25-27)11-8-10(9-21-15(11)20)17(28)23-26-6-1-2-7-26/h3-5,8-9H,1-2,6-7H2,(H2,20,21)(H,23,28). The van der Waals surface area contributed by atoms with Crippen LogP contribution in [0.2, 0.25) is 0 Å². The number of benzene rings is 1. The van der Waals surface area contributed by atoms with Crippen LogP contribution in [0.15, 0.2) is 30.5 Å². The van der Waals surface area contributed by atoms with Gasteiger partial charge in [0.2, 0.25) is 0 Å². The quantitative estimate of drug-likeness (QED) is 0.695. The molecule has 1 amide bonds. The van der Waals surface area contributed by atoms with Crippen molar-refractivity contribution in [2.75, 3.05) is 18.8 Å². The zero-order chi connectivity index (χ0) is 19.7. The normalized spacial score (nSPS) is 14.4. The molecule has 0 unspecified atom stereocenters. The molecular weight excluding hydrogens is 370 g/mol. The SMILES string of the molecule is Nc1ncc(C(=O)NN2CCCC2)cc1-c1nnnn1-c1cccc(F)c1F. The van der Waals surface area contributed by atoms with Gasteiger partial charge in [-0.25, -0.2) is 18.8 Å². The van der Waals surface area contributed by atoms with Crippen LogP contribution in [0.1, 0.15) is 23.2 Å². The van der Waals surface area contributed by atoms with E-state index in [1.165, 1.54) is 24.4 Å². The lowest BCUT2D eigenvalue weighted by molar-refractivity contribution is 0.0825. The molecule has 3 aromatic rings. The number of hydrogen-bond donors (Lipinski definition) is 2. The van der Waals surface area contributed by atoms with E-state index in [1.54, 1.807) is 0 Å². The van der Waals surface area contributed by atoms with Gasteiger partial charge in [-0.2, -0.15) is 4.68 Å². The molecule has 4 rings (SSSR count). The molecule has 28 heavy (non-hydrogen) atoms. The number of amides is 1. The molecule has 144 valence electrons. The van der Waals surface area contributed by atoms with Gasteiger partial charge in [-0.15, -0.1) is 5.10 Å². The van der Waals surface area contributed by atoms with E-state index in [-0.39, 0.29) is 34.4 Å². The second-order valence-electron chi connectivity index (χ2n) is 6.28. The van der Waals surface area contributed by atoms with E-state index in [2.05, 4.69) is 25.9 Å². The van der Waals surface area contributed by atoms with Crippen molar-refractivity contribution in [1.29, 1.82) is 0 Å². The predicted molar refractivity (Wildman–Crippen MR) is 95.0 cm³/mol. The lowest BCUT2D eigenvalue weighted by Gasteiger charge is -2.16. The van der Waals surface area contributed by atoms with E-state index >= 15 is 0 Å². The van der Waals surface area contributed by atoms with Crippen molar-refractivity contribution in [3.63, 3.8) is 0 Å². The van der Waals surface area contributed by atoms with Gasteiger partial charge in [-0.3, -0.25) is 10.2 Å². The van der Waals surface area contributed by atoms with Gasteiger partial charge in [0.25, 0.3) is 5.91 Å². The largest absolute Gasteiger partial charge is 0.383 e. The number of hydrazine groups is 1. The number of hydrogen-bond acceptors (Lipinski definition) is 7. The van der Waals surface area contributed by atoms with Crippen molar-refractivity contribution in [2.45, 2.75) is 12.8 Å². The molecule has 11 heteroatoms. The number of rotatable bonds is 4. The number of aromatic nitrogens is 5. The molecule has 2 aromatic heterocycles. The minimum absolute atomic E-state index is 0.0327. The third kappa shape index (κ3) is 3.27. The van der Waals surface area contributed by atoms with Gasteiger partial charge < -0.3 is 5.73 Å². The summed E-state index contributed by atoms with van der Waals surface area (Å²) in [5.41, 5.74) is 9.00. The molecule has 0 radical (unpaired) electrons. The van der Waals surface area contributed by atoms with Crippen LogP contribution in [0.5, 0.6) is 0 Å². The molecule has 1 aliphatic heterocycles. The molecule has 3 heterocycles. The lowest BCUT2D eigenvalue weighted by Crippen LogP contribution is -2.40. The number of halogens is 2. The van der Waals surface area contributed by atoms with E-state index in [0.29, 0.717) is 0 Å². The maximum Gasteiger partial charge on any atom is 0.267 e. The van der Waals surface area contributed by atoms with E-state index in [9.17, 15) is 13.6 Å². The highest BCUT2D eigenvalue weighted by molar-refractivity contribution is 5.95. The first kappa shape index (κ1) is 17.9. The molecule has 3 N–H and O–H groups in total. The second kappa shape index (κ2) is 7.27. The fourth-order valence-electron chi connectivity index (χ4n) is 2.99. The Morgan fingerprint density at radius 1 is 1.21 bits per heavy atom. The van der Waals surface area contributed by atoms with Crippen LogP contribution in [0.3, 0.4) is 0 Å². The van der Waals surface area contributed by atoms with Gasteiger partial charge in [-0.1, -0.05) is 6.07 Å². The molecule has 1 aromatic carbocycles. The Kier molecular flexibility index (Phi) is 4.65. The first-order valence-corrected chi connectivity index (χ1v) is 8.59. The van der Waals surface area contributed by atoms with Crippen molar-refractivity contribution < 1.29 is 13.6 Å². The molecule has 1 fully saturated rings. The number of nitrogens with zero attached hydrogens (tertiary/aromatic N) is 6. The van der Waals surface area contributed by atoms with Crippen LogP contribution in [-0.2, 0) is 0 Å². The fraction of sp³-hybridized carbons (Fsp3) is 0.235. The molecular formula is C17H16F2N8O. The highest BCUT2D eigenvalue weighted by Crippen LogP contribution is 2.26. The fourth-order valence-corrected chi connectivity index (χ4v) is 2.99. The highest BCUT2D eigenvalue weighted by Gasteiger charge is 2.21. The van der Waals surface area contributed by atoms with Gasteiger partial charge in [-0.05, 0) is 41.5 Å². The van der Waals surface area contributed by atoms with Crippen LogP contribution in [-0.4, -0.2) is 49.2 Å². The Bertz CT molecular complexity index is 1030. The van der Waals surface area contributed by atoms with Gasteiger partial charge in [0.15, 0.2) is 17.5 Å². The maximum atomic E-state index is 14.2. The number of carbonyl (C=O) groups is 1. The van der Waals surface area contributed by atoms with E-state index in [0.717, 1.165) is 36.7 Å². The second-order valence-corrected chi connectivity index (χ2v) is 6.28. The smallest absolute Gasteiger partial charge is 0.267 e. The van der Waals surface area contributed by atoms with Crippen molar-refractivity contribution in [3.8, 4) is 17.1 Å². The Labute approximate surface area is 158 Å². The predicted octanol–water partition coefficient (Wildman–Crippen LogP) is 1.33. The summed E-state index contributed by atoms with van der Waals surface area (Å²) in [4.78, 5) is 16.5. The summed E-state index contributed by atoms with van der Waals surface area (Å²) in [5, 5.41) is 12.9. The zero-order valence-electron chi connectivity index (χ0n) is 14.6. The third-order valence-corrected chi connectivity index (χ3v) is 4.42. The van der Waals surface area contributed by atoms with Crippen molar-refractivity contribution in [1.82, 2.24) is 35.6 Å². The molecule has 9 nitrogen and oxygen atoms in total. The number of nitrogens with one attached hydrogen (secondary N) is 1. The van der Waals surface area contributed by atoms with Crippen molar-refractivity contribution >= 4 is 11.7 Å². The summed E-state index contributed by atoms with van der Waals surface area (Å²) < 4.78 is 28.8. The molecule has 0 bridgehead atoms. The minimum Gasteiger partial charge on any atom is -0.383 e. The van der Waals surface area contributed by atoms with Crippen LogP contribution in [0, 0.1) is 11.6 Å². The van der Waals surface area contributed by atoms with Crippen molar-refractivity contribution in [3.05, 3.63) is 47.7 Å². The number of nitrogens with two attached hydrogens (primary N) is 1. The Morgan fingerprint density at radius 2 is 2.00 bits per heavy atom. The number of pyridine rings is 1. The first-order chi connectivity index (χ1) is 13.5. The summed E-state index contributed by atoms with van der Waals surface area (Å²) in [5.74, 6) is -2.42. The summed E-state index contributed by atoms with van der Waals surface area (Å²) >= 11 is 0. The minimum atomic E-state index is -1.11. The van der Waals surface area contributed by atoms with Gasteiger partial charge in [0.1, 0.15) is 11.5 Å². The summed E-state index contributed by atoms with van der Waals surface area (Å²) in [7, 11) is 0. The van der Waals surface area contributed by atoms with Gasteiger partial charge >= 0.3 is 0 Å². The Hall–Kier alpha value is -3.47. The molecule has 0 saturated carbocycles. The molecule has 0 aliphatic carbocycles. The van der Waals surface area contributed by atoms with E-state index in [4.69, 9.17) is 5.73 Å². The van der Waals surface area contributed by atoms with Crippen LogP contribution in [0.4, 0.5) is 14.6 Å². The highest BCUT2D eigenvalue weighted by atomic mass is 19.2. The lowest BCUT2D eigenvalue weighted by atomic mass is 10.1. The molecule has 0 atom stereocenters. The summed E-state index contributed by atoms with van der Waals surface area (Å²) in [6, 6.07) is 5.11. The number of carbonyl (C=O) groups excluding carboxylic acids is 1. The molecule has 1 aliphatic rings. The van der Waals surface area contributed by atoms with E-state index in [1.807, 2.05) is 5.01 Å². The Balaban J connectivity index is 1.71. The monoisotopic (exact) mass is 386 g/mol. The summed E-state index contributed by atoms with van der Waals surface area (Å²) in [6.45, 7) is 1.55. The van der Waals surface area contributed by atoms with Crippen LogP contribution in [0.25, 0.3) is 17.1 Å². The average molecular weight is 386 g/mol. The zero-order valence-corrected chi connectivity index (χ0v) is 14.6. The van der Waals surface area contributed by atoms with Gasteiger partial charge in [0, 0.05) is 19.3 Å². The molecule has 0 spiro atoms. The third-order valence-electron chi connectivity index (χ3n) is 4.42. The van der Waals surface area contributed by atoms with E-state index < -0.39 is 11.6 Å². The maximum absolute atomic E-state index is 14.2. The number of anilines is 1. The van der Waals surface area contributed by atoms with Crippen molar-refractivity contribution in [2.24, 2.45) is 0 Å². The van der Waals surface area contributed by atoms with Crippen LogP contribution >= 0.6 is 0 Å².